The fourth-order valence-electron chi connectivity index (χ4n) is 3.21. The van der Waals surface area contributed by atoms with E-state index < -0.39 is 5.97 Å². The van der Waals surface area contributed by atoms with Gasteiger partial charge in [0.05, 0.1) is 0 Å². The number of carbonyl (C=O) groups is 2. The van der Waals surface area contributed by atoms with E-state index in [1.54, 1.807) is 0 Å². The van der Waals surface area contributed by atoms with Crippen LogP contribution in [-0.4, -0.2) is 41.1 Å². The van der Waals surface area contributed by atoms with Crippen LogP contribution in [0.2, 0.25) is 0 Å². The van der Waals surface area contributed by atoms with Gasteiger partial charge in [-0.25, -0.2) is 4.79 Å². The van der Waals surface area contributed by atoms with Crippen molar-refractivity contribution < 1.29 is 14.7 Å². The molecule has 0 aliphatic heterocycles. The summed E-state index contributed by atoms with van der Waals surface area (Å²) in [6.45, 7) is 8.59. The molecule has 1 aliphatic carbocycles. The predicted molar refractivity (Wildman–Crippen MR) is 83.2 cm³/mol. The first-order valence-corrected chi connectivity index (χ1v) is 8.08. The van der Waals surface area contributed by atoms with Crippen LogP contribution in [0, 0.1) is 17.8 Å². The van der Waals surface area contributed by atoms with E-state index in [1.165, 1.54) is 11.3 Å². The number of carbonyl (C=O) groups excluding carboxylic acids is 1. The van der Waals surface area contributed by atoms with Gasteiger partial charge in [0.25, 0.3) is 0 Å². The molecule has 2 atom stereocenters. The molecule has 0 spiro atoms. The largest absolute Gasteiger partial charge is 0.480 e. The van der Waals surface area contributed by atoms with E-state index in [4.69, 9.17) is 5.11 Å². The fraction of sp³-hybridized carbons (Fsp3) is 0.875. The van der Waals surface area contributed by atoms with E-state index in [1.807, 2.05) is 13.8 Å². The Labute approximate surface area is 128 Å². The fourth-order valence-corrected chi connectivity index (χ4v) is 3.21. The smallest absolute Gasteiger partial charge is 0.323 e. The summed E-state index contributed by atoms with van der Waals surface area (Å²) in [5.74, 6) is 0.319. The molecule has 0 aromatic carbocycles. The molecule has 2 N–H and O–H groups in total. The Balaban J connectivity index is 2.67. The van der Waals surface area contributed by atoms with Crippen LogP contribution in [0.25, 0.3) is 0 Å². The highest BCUT2D eigenvalue weighted by atomic mass is 16.4. The maximum Gasteiger partial charge on any atom is 0.323 e. The van der Waals surface area contributed by atoms with Crippen LogP contribution in [0.15, 0.2) is 0 Å². The Morgan fingerprint density at radius 2 is 1.81 bits per heavy atom. The van der Waals surface area contributed by atoms with Crippen molar-refractivity contribution in [2.75, 3.05) is 13.1 Å². The zero-order chi connectivity index (χ0) is 16.0. The summed E-state index contributed by atoms with van der Waals surface area (Å²) >= 11 is 0. The normalized spacial score (nSPS) is 22.4. The summed E-state index contributed by atoms with van der Waals surface area (Å²) in [7, 11) is 0. The van der Waals surface area contributed by atoms with Crippen molar-refractivity contribution in [1.29, 1.82) is 0 Å². The molecule has 1 rings (SSSR count). The predicted octanol–water partition coefficient (Wildman–Crippen LogP) is 2.95. The molecule has 0 aromatic rings. The van der Waals surface area contributed by atoms with Crippen LogP contribution in [0.3, 0.4) is 0 Å². The van der Waals surface area contributed by atoms with Crippen molar-refractivity contribution in [3.63, 3.8) is 0 Å². The summed E-state index contributed by atoms with van der Waals surface area (Å²) < 4.78 is 0. The average molecular weight is 298 g/mol. The zero-order valence-corrected chi connectivity index (χ0v) is 13.8. The Hall–Kier alpha value is -1.26. The number of carboxylic acids is 1. The molecule has 5 heteroatoms. The van der Waals surface area contributed by atoms with Crippen molar-refractivity contribution in [3.8, 4) is 0 Å². The molecule has 0 aromatic heterocycles. The second kappa shape index (κ2) is 8.25. The number of hydrogen-bond donors (Lipinski definition) is 2. The number of hydrogen-bond acceptors (Lipinski definition) is 2. The number of rotatable bonds is 6. The average Bonchev–Trinajstić information content (AvgIpc) is 2.37. The monoisotopic (exact) mass is 298 g/mol. The van der Waals surface area contributed by atoms with E-state index in [9.17, 15) is 9.59 Å². The molecule has 0 heterocycles. The van der Waals surface area contributed by atoms with Gasteiger partial charge in [0.15, 0.2) is 0 Å². The Bertz CT molecular complexity index is 355. The highest BCUT2D eigenvalue weighted by Gasteiger charge is 2.30. The number of urea groups is 1. The maximum atomic E-state index is 12.4. The van der Waals surface area contributed by atoms with Gasteiger partial charge in [-0.3, -0.25) is 4.79 Å². The van der Waals surface area contributed by atoms with Gasteiger partial charge in [-0.15, -0.1) is 0 Å². The first-order valence-electron chi connectivity index (χ1n) is 8.08. The van der Waals surface area contributed by atoms with E-state index in [0.717, 1.165) is 19.3 Å². The summed E-state index contributed by atoms with van der Waals surface area (Å²) in [6.07, 6.45) is 4.50. The van der Waals surface area contributed by atoms with Crippen molar-refractivity contribution in [2.45, 2.75) is 59.4 Å². The molecule has 2 unspecified atom stereocenters. The summed E-state index contributed by atoms with van der Waals surface area (Å²) in [4.78, 5) is 24.8. The van der Waals surface area contributed by atoms with Gasteiger partial charge in [0.2, 0.25) is 0 Å². The van der Waals surface area contributed by atoms with Gasteiger partial charge in [0.1, 0.15) is 6.54 Å². The lowest BCUT2D eigenvalue weighted by atomic mass is 9.78. The third-order valence-corrected chi connectivity index (χ3v) is 4.18. The van der Waals surface area contributed by atoms with Crippen molar-refractivity contribution >= 4 is 12.0 Å². The highest BCUT2D eigenvalue weighted by Crippen LogP contribution is 2.30. The molecule has 1 aliphatic rings. The minimum Gasteiger partial charge on any atom is -0.480 e. The van der Waals surface area contributed by atoms with Crippen molar-refractivity contribution in [1.82, 2.24) is 10.2 Å². The molecule has 5 nitrogen and oxygen atoms in total. The van der Waals surface area contributed by atoms with Crippen LogP contribution < -0.4 is 5.32 Å². The van der Waals surface area contributed by atoms with Crippen molar-refractivity contribution in [3.05, 3.63) is 0 Å². The van der Waals surface area contributed by atoms with Crippen LogP contribution in [-0.2, 0) is 4.79 Å². The summed E-state index contributed by atoms with van der Waals surface area (Å²) in [5.41, 5.74) is 0. The number of carboxylic acid groups (broad SMARTS) is 1. The van der Waals surface area contributed by atoms with Gasteiger partial charge in [-0.05, 0) is 30.6 Å². The molecule has 0 radical (unpaired) electrons. The molecule has 1 fully saturated rings. The third kappa shape index (κ3) is 5.94. The number of nitrogens with zero attached hydrogens (tertiary/aromatic N) is 1. The van der Waals surface area contributed by atoms with Gasteiger partial charge < -0.3 is 15.3 Å². The molecule has 0 bridgehead atoms. The maximum absolute atomic E-state index is 12.4. The topological polar surface area (TPSA) is 69.6 Å². The van der Waals surface area contributed by atoms with E-state index >= 15 is 0 Å². The van der Waals surface area contributed by atoms with Gasteiger partial charge >= 0.3 is 12.0 Å². The third-order valence-electron chi connectivity index (χ3n) is 4.18. The molecule has 0 saturated heterocycles. The van der Waals surface area contributed by atoms with Crippen molar-refractivity contribution in [2.24, 2.45) is 17.8 Å². The zero-order valence-electron chi connectivity index (χ0n) is 13.8. The molecule has 2 amide bonds. The molecule has 122 valence electrons. The Kier molecular flexibility index (Phi) is 6.99. The van der Waals surface area contributed by atoms with Gasteiger partial charge in [-0.1, -0.05) is 40.5 Å². The van der Waals surface area contributed by atoms with Crippen LogP contribution in [0.4, 0.5) is 4.79 Å². The Morgan fingerprint density at radius 1 is 1.19 bits per heavy atom. The minimum atomic E-state index is -0.963. The molecule has 1 saturated carbocycles. The number of amides is 2. The van der Waals surface area contributed by atoms with E-state index in [0.29, 0.717) is 18.4 Å². The molecular weight excluding hydrogens is 268 g/mol. The lowest BCUT2D eigenvalue weighted by Gasteiger charge is -2.36. The van der Waals surface area contributed by atoms with Gasteiger partial charge in [-0.2, -0.15) is 0 Å². The first kappa shape index (κ1) is 17.8. The van der Waals surface area contributed by atoms with E-state index in [2.05, 4.69) is 19.2 Å². The number of nitrogens with one attached hydrogen (secondary N) is 1. The summed E-state index contributed by atoms with van der Waals surface area (Å²) in [5, 5.41) is 12.1. The highest BCUT2D eigenvalue weighted by molar-refractivity contribution is 5.80. The second-order valence-electron chi connectivity index (χ2n) is 6.92. The SMILES string of the molecule is CC(C)CN(CC(=O)O)C(=O)NC1CCCCC1C(C)C. The number of aliphatic carboxylic acids is 1. The lowest BCUT2D eigenvalue weighted by Crippen LogP contribution is -2.51. The second-order valence-corrected chi connectivity index (χ2v) is 6.92. The first-order chi connectivity index (χ1) is 9.81. The molecule has 21 heavy (non-hydrogen) atoms. The Morgan fingerprint density at radius 3 is 2.33 bits per heavy atom. The standard InChI is InChI=1S/C16H30N2O3/c1-11(2)9-18(10-15(19)20)16(21)17-14-8-6-5-7-13(14)12(3)4/h11-14H,5-10H2,1-4H3,(H,17,21)(H,19,20). The lowest BCUT2D eigenvalue weighted by molar-refractivity contribution is -0.137. The van der Waals surface area contributed by atoms with Crippen LogP contribution in [0.1, 0.15) is 53.4 Å². The molecular formula is C16H30N2O3. The van der Waals surface area contributed by atoms with Crippen LogP contribution in [0.5, 0.6) is 0 Å². The van der Waals surface area contributed by atoms with Gasteiger partial charge in [0, 0.05) is 12.6 Å². The van der Waals surface area contributed by atoms with E-state index in [-0.39, 0.29) is 24.5 Å². The van der Waals surface area contributed by atoms with Crippen LogP contribution >= 0.6 is 0 Å². The summed E-state index contributed by atoms with van der Waals surface area (Å²) in [6, 6.07) is -0.0571. The minimum absolute atomic E-state index is 0.176. The quantitative estimate of drug-likeness (QED) is 0.792.